The summed E-state index contributed by atoms with van der Waals surface area (Å²) in [5.74, 6) is 0.0675. The lowest BCUT2D eigenvalue weighted by Gasteiger charge is -2.24. The van der Waals surface area contributed by atoms with Gasteiger partial charge in [0.1, 0.15) is 0 Å². The molecular formula is C19H28N4O2. The normalized spacial score (nSPS) is 19.7. The van der Waals surface area contributed by atoms with Crippen molar-refractivity contribution in [2.75, 3.05) is 25.0 Å². The third-order valence-corrected chi connectivity index (χ3v) is 5.19. The van der Waals surface area contributed by atoms with Crippen LogP contribution in [-0.4, -0.2) is 42.5 Å². The van der Waals surface area contributed by atoms with Gasteiger partial charge < -0.3 is 16.0 Å². The van der Waals surface area contributed by atoms with E-state index in [-0.39, 0.29) is 18.0 Å². The maximum atomic E-state index is 12.2. The highest BCUT2D eigenvalue weighted by Gasteiger charge is 2.19. The van der Waals surface area contributed by atoms with E-state index in [9.17, 15) is 9.59 Å². The smallest absolute Gasteiger partial charge is 0.315 e. The predicted molar refractivity (Wildman–Crippen MR) is 98.6 cm³/mol. The van der Waals surface area contributed by atoms with Crippen molar-refractivity contribution in [2.45, 2.75) is 51.6 Å². The third-order valence-electron chi connectivity index (χ3n) is 5.19. The van der Waals surface area contributed by atoms with Gasteiger partial charge in [0.15, 0.2) is 0 Å². The molecule has 3 N–H and O–H groups in total. The summed E-state index contributed by atoms with van der Waals surface area (Å²) < 4.78 is 0. The van der Waals surface area contributed by atoms with Crippen LogP contribution in [0.2, 0.25) is 0 Å². The highest BCUT2D eigenvalue weighted by atomic mass is 16.2. The zero-order valence-corrected chi connectivity index (χ0v) is 15.1. The fraction of sp³-hybridized carbons (Fsp3) is 0.579. The van der Waals surface area contributed by atoms with E-state index < -0.39 is 0 Å². The molecule has 6 heteroatoms. The lowest BCUT2D eigenvalue weighted by Crippen LogP contribution is -2.44. The van der Waals surface area contributed by atoms with Crippen LogP contribution in [0.25, 0.3) is 0 Å². The number of aryl methyl sites for hydroxylation is 1. The quantitative estimate of drug-likeness (QED) is 0.768. The number of likely N-dealkylation sites (tertiary alicyclic amines) is 1. The molecule has 1 fully saturated rings. The van der Waals surface area contributed by atoms with Gasteiger partial charge in [-0.3, -0.25) is 9.69 Å². The molecule has 1 aromatic carbocycles. The molecule has 25 heavy (non-hydrogen) atoms. The van der Waals surface area contributed by atoms with Crippen LogP contribution in [-0.2, 0) is 11.2 Å². The minimum Gasteiger partial charge on any atom is -0.337 e. The molecule has 0 aromatic heterocycles. The van der Waals surface area contributed by atoms with Gasteiger partial charge in [-0.05, 0) is 63.4 Å². The summed E-state index contributed by atoms with van der Waals surface area (Å²) in [6.07, 6.45) is 3.78. The van der Waals surface area contributed by atoms with Crippen LogP contribution in [0.1, 0.15) is 50.3 Å². The van der Waals surface area contributed by atoms with E-state index in [1.807, 2.05) is 19.1 Å². The first-order valence-corrected chi connectivity index (χ1v) is 9.24. The number of nitrogens with one attached hydrogen (secondary N) is 3. The number of hydrogen-bond acceptors (Lipinski definition) is 3. The SMILES string of the molecule is C[C@@H](NC(=O)NC[C@H](C)N1CCCC1)c1ccc2c(c1)CCC(=O)N2. The topological polar surface area (TPSA) is 73.5 Å². The van der Waals surface area contributed by atoms with Crippen molar-refractivity contribution < 1.29 is 9.59 Å². The summed E-state index contributed by atoms with van der Waals surface area (Å²) in [5.41, 5.74) is 3.07. The number of fused-ring (bicyclic) bond motifs is 1. The second-order valence-corrected chi connectivity index (χ2v) is 7.13. The molecule has 6 nitrogen and oxygen atoms in total. The molecule has 0 radical (unpaired) electrons. The molecule has 0 spiro atoms. The largest absolute Gasteiger partial charge is 0.337 e. The molecule has 1 aromatic rings. The van der Waals surface area contributed by atoms with Crippen LogP contribution in [0, 0.1) is 0 Å². The number of anilines is 1. The average molecular weight is 344 g/mol. The number of nitrogens with zero attached hydrogens (tertiary/aromatic N) is 1. The zero-order chi connectivity index (χ0) is 17.8. The minimum atomic E-state index is -0.135. The second kappa shape index (κ2) is 7.87. The van der Waals surface area contributed by atoms with Gasteiger partial charge in [0.25, 0.3) is 0 Å². The number of hydrogen-bond donors (Lipinski definition) is 3. The van der Waals surface area contributed by atoms with E-state index in [1.165, 1.54) is 12.8 Å². The maximum Gasteiger partial charge on any atom is 0.315 e. The third kappa shape index (κ3) is 4.51. The molecule has 1 saturated heterocycles. The Balaban J connectivity index is 1.50. The molecule has 0 saturated carbocycles. The van der Waals surface area contributed by atoms with Gasteiger partial charge in [-0.25, -0.2) is 4.79 Å². The van der Waals surface area contributed by atoms with Gasteiger partial charge in [0.05, 0.1) is 6.04 Å². The molecule has 0 unspecified atom stereocenters. The van der Waals surface area contributed by atoms with E-state index in [1.54, 1.807) is 0 Å². The lowest BCUT2D eigenvalue weighted by molar-refractivity contribution is -0.116. The first-order valence-electron chi connectivity index (χ1n) is 9.24. The fourth-order valence-electron chi connectivity index (χ4n) is 3.56. The molecule has 2 atom stereocenters. The fourth-order valence-corrected chi connectivity index (χ4v) is 3.56. The first-order chi connectivity index (χ1) is 12.0. The molecule has 2 aliphatic heterocycles. The molecule has 136 valence electrons. The Labute approximate surface area is 149 Å². The van der Waals surface area contributed by atoms with E-state index in [2.05, 4.69) is 33.8 Å². The minimum absolute atomic E-state index is 0.0675. The van der Waals surface area contributed by atoms with Crippen molar-refractivity contribution >= 4 is 17.6 Å². The Bertz CT molecular complexity index is 640. The maximum absolute atomic E-state index is 12.2. The van der Waals surface area contributed by atoms with Crippen molar-refractivity contribution in [1.82, 2.24) is 15.5 Å². The lowest BCUT2D eigenvalue weighted by atomic mass is 9.98. The molecular weight excluding hydrogens is 316 g/mol. The van der Waals surface area contributed by atoms with Gasteiger partial charge in [-0.2, -0.15) is 0 Å². The summed E-state index contributed by atoms with van der Waals surface area (Å²) in [4.78, 5) is 26.0. The van der Waals surface area contributed by atoms with Crippen molar-refractivity contribution in [1.29, 1.82) is 0 Å². The van der Waals surface area contributed by atoms with Crippen LogP contribution < -0.4 is 16.0 Å². The Morgan fingerprint density at radius 1 is 1.24 bits per heavy atom. The summed E-state index contributed by atoms with van der Waals surface area (Å²) >= 11 is 0. The Kier molecular flexibility index (Phi) is 5.58. The van der Waals surface area contributed by atoms with Gasteiger partial charge in [-0.15, -0.1) is 0 Å². The van der Waals surface area contributed by atoms with Gasteiger partial charge >= 0.3 is 6.03 Å². The molecule has 3 amide bonds. The van der Waals surface area contributed by atoms with E-state index >= 15 is 0 Å². The van der Waals surface area contributed by atoms with E-state index in [0.717, 1.165) is 36.3 Å². The number of carbonyl (C=O) groups excluding carboxylic acids is 2. The Morgan fingerprint density at radius 3 is 2.76 bits per heavy atom. The van der Waals surface area contributed by atoms with Crippen molar-refractivity contribution in [3.05, 3.63) is 29.3 Å². The summed E-state index contributed by atoms with van der Waals surface area (Å²) in [6.45, 7) is 7.06. The molecule has 2 heterocycles. The molecule has 2 aliphatic rings. The molecule has 0 bridgehead atoms. The Hall–Kier alpha value is -2.08. The zero-order valence-electron chi connectivity index (χ0n) is 15.1. The predicted octanol–water partition coefficient (Wildman–Crippen LogP) is 2.42. The standard InChI is InChI=1S/C19H28N4O2/c1-13(23-9-3-4-10-23)12-20-19(25)21-14(2)15-5-7-17-16(11-15)6-8-18(24)22-17/h5,7,11,13-14H,3-4,6,8-10,12H2,1-2H3,(H,22,24)(H2,20,21,25)/t13-,14+/m0/s1. The van der Waals surface area contributed by atoms with E-state index in [4.69, 9.17) is 0 Å². The second-order valence-electron chi connectivity index (χ2n) is 7.13. The average Bonchev–Trinajstić information content (AvgIpc) is 3.13. The van der Waals surface area contributed by atoms with Gasteiger partial charge in [0.2, 0.25) is 5.91 Å². The van der Waals surface area contributed by atoms with Crippen molar-refractivity contribution in [2.24, 2.45) is 0 Å². The van der Waals surface area contributed by atoms with Gasteiger partial charge in [-0.1, -0.05) is 12.1 Å². The molecule has 3 rings (SSSR count). The van der Waals surface area contributed by atoms with Crippen LogP contribution in [0.3, 0.4) is 0 Å². The Morgan fingerprint density at radius 2 is 2.00 bits per heavy atom. The van der Waals surface area contributed by atoms with Gasteiger partial charge in [0, 0.05) is 24.7 Å². The van der Waals surface area contributed by atoms with Crippen molar-refractivity contribution in [3.8, 4) is 0 Å². The summed E-state index contributed by atoms with van der Waals surface area (Å²) in [6, 6.07) is 6.12. The summed E-state index contributed by atoms with van der Waals surface area (Å²) in [5, 5.41) is 8.86. The highest BCUT2D eigenvalue weighted by molar-refractivity contribution is 5.93. The number of benzene rings is 1. The number of rotatable bonds is 5. The first kappa shape index (κ1) is 17.7. The van der Waals surface area contributed by atoms with Crippen LogP contribution in [0.4, 0.5) is 10.5 Å². The van der Waals surface area contributed by atoms with Crippen LogP contribution >= 0.6 is 0 Å². The number of carbonyl (C=O) groups is 2. The highest BCUT2D eigenvalue weighted by Crippen LogP contribution is 2.26. The van der Waals surface area contributed by atoms with Crippen LogP contribution in [0.5, 0.6) is 0 Å². The van der Waals surface area contributed by atoms with E-state index in [0.29, 0.717) is 19.0 Å². The van der Waals surface area contributed by atoms with Crippen molar-refractivity contribution in [3.63, 3.8) is 0 Å². The summed E-state index contributed by atoms with van der Waals surface area (Å²) in [7, 11) is 0. The number of amides is 3. The number of urea groups is 1. The molecule has 0 aliphatic carbocycles. The monoisotopic (exact) mass is 344 g/mol. The van der Waals surface area contributed by atoms with Crippen LogP contribution in [0.15, 0.2) is 18.2 Å².